The average molecular weight is 249 g/mol. The Bertz CT molecular complexity index is 494. The Labute approximate surface area is 104 Å². The molecule has 1 N–H and O–H groups in total. The third-order valence-electron chi connectivity index (χ3n) is 2.33. The molecule has 90 valence electrons. The predicted octanol–water partition coefficient (Wildman–Crippen LogP) is 2.37. The Morgan fingerprint density at radius 1 is 1.41 bits per heavy atom. The van der Waals surface area contributed by atoms with Crippen LogP contribution in [0.25, 0.3) is 0 Å². The second-order valence-electron chi connectivity index (χ2n) is 4.11. The van der Waals surface area contributed by atoms with Crippen LogP contribution < -0.4 is 5.32 Å². The zero-order valence-electron chi connectivity index (χ0n) is 10.1. The number of hydrogen-bond donors (Lipinski definition) is 1. The SMILES string of the molecule is Cc1ccnc(NCc2snnc2C(C)C)n1. The minimum Gasteiger partial charge on any atom is -0.349 e. The van der Waals surface area contributed by atoms with Crippen LogP contribution in [-0.2, 0) is 6.54 Å². The zero-order chi connectivity index (χ0) is 12.3. The van der Waals surface area contributed by atoms with E-state index in [-0.39, 0.29) is 0 Å². The lowest BCUT2D eigenvalue weighted by atomic mass is 10.1. The van der Waals surface area contributed by atoms with E-state index in [0.29, 0.717) is 18.4 Å². The fourth-order valence-corrected chi connectivity index (χ4v) is 2.20. The zero-order valence-corrected chi connectivity index (χ0v) is 11.0. The van der Waals surface area contributed by atoms with Gasteiger partial charge in [0.1, 0.15) is 0 Å². The number of aryl methyl sites for hydroxylation is 1. The molecule has 2 heterocycles. The van der Waals surface area contributed by atoms with Crippen molar-refractivity contribution in [3.05, 3.63) is 28.5 Å². The molecule has 0 bridgehead atoms. The predicted molar refractivity (Wildman–Crippen MR) is 68.1 cm³/mol. The summed E-state index contributed by atoms with van der Waals surface area (Å²) < 4.78 is 3.98. The molecule has 0 aliphatic heterocycles. The van der Waals surface area contributed by atoms with E-state index in [9.17, 15) is 0 Å². The second-order valence-corrected chi connectivity index (χ2v) is 4.95. The van der Waals surface area contributed by atoms with Crippen molar-refractivity contribution in [2.75, 3.05) is 5.32 Å². The first-order valence-electron chi connectivity index (χ1n) is 5.51. The molecule has 2 aromatic rings. The van der Waals surface area contributed by atoms with Gasteiger partial charge in [0.15, 0.2) is 0 Å². The lowest BCUT2D eigenvalue weighted by Crippen LogP contribution is -2.05. The van der Waals surface area contributed by atoms with Crippen molar-refractivity contribution in [2.45, 2.75) is 33.2 Å². The Balaban J connectivity index is 2.05. The molecule has 0 unspecified atom stereocenters. The van der Waals surface area contributed by atoms with Gasteiger partial charge in [-0.3, -0.25) is 0 Å². The molecule has 0 aliphatic carbocycles. The van der Waals surface area contributed by atoms with Crippen molar-refractivity contribution in [3.63, 3.8) is 0 Å². The minimum atomic E-state index is 0.393. The molecule has 0 fully saturated rings. The second kappa shape index (κ2) is 5.18. The van der Waals surface area contributed by atoms with Crippen LogP contribution in [0.1, 0.15) is 36.0 Å². The Hall–Kier alpha value is -1.56. The molecule has 17 heavy (non-hydrogen) atoms. The highest BCUT2D eigenvalue weighted by molar-refractivity contribution is 7.05. The number of nitrogens with zero attached hydrogens (tertiary/aromatic N) is 4. The summed E-state index contributed by atoms with van der Waals surface area (Å²) >= 11 is 1.42. The van der Waals surface area contributed by atoms with Crippen LogP contribution in [0.4, 0.5) is 5.95 Å². The van der Waals surface area contributed by atoms with Crippen LogP contribution >= 0.6 is 11.5 Å². The maximum absolute atomic E-state index is 4.29. The average Bonchev–Trinajstić information content (AvgIpc) is 2.74. The largest absolute Gasteiger partial charge is 0.349 e. The van der Waals surface area contributed by atoms with Gasteiger partial charge in [0.2, 0.25) is 5.95 Å². The van der Waals surface area contributed by atoms with Crippen LogP contribution in [0.15, 0.2) is 12.3 Å². The number of rotatable bonds is 4. The van der Waals surface area contributed by atoms with Gasteiger partial charge in [0, 0.05) is 11.9 Å². The number of aromatic nitrogens is 4. The summed E-state index contributed by atoms with van der Waals surface area (Å²) in [5, 5.41) is 7.32. The van der Waals surface area contributed by atoms with Crippen molar-refractivity contribution in [1.29, 1.82) is 0 Å². The van der Waals surface area contributed by atoms with E-state index in [4.69, 9.17) is 0 Å². The van der Waals surface area contributed by atoms with Gasteiger partial charge in [0.05, 0.1) is 17.1 Å². The summed E-state index contributed by atoms with van der Waals surface area (Å²) in [5.41, 5.74) is 2.00. The van der Waals surface area contributed by atoms with Crippen molar-refractivity contribution >= 4 is 17.5 Å². The molecule has 2 aromatic heterocycles. The highest BCUT2D eigenvalue weighted by Crippen LogP contribution is 2.20. The van der Waals surface area contributed by atoms with Crippen LogP contribution in [-0.4, -0.2) is 19.6 Å². The summed E-state index contributed by atoms with van der Waals surface area (Å²) in [6, 6.07) is 1.87. The lowest BCUT2D eigenvalue weighted by molar-refractivity contribution is 0.797. The van der Waals surface area contributed by atoms with Gasteiger partial charge in [-0.05, 0) is 30.4 Å². The van der Waals surface area contributed by atoms with Crippen molar-refractivity contribution in [2.24, 2.45) is 0 Å². The molecule has 6 heteroatoms. The molecule has 0 aliphatic rings. The molecular weight excluding hydrogens is 234 g/mol. The fourth-order valence-electron chi connectivity index (χ4n) is 1.47. The summed E-state index contributed by atoms with van der Waals surface area (Å²) in [4.78, 5) is 9.59. The number of nitrogens with one attached hydrogen (secondary N) is 1. The molecule has 0 spiro atoms. The Morgan fingerprint density at radius 3 is 2.94 bits per heavy atom. The molecule has 0 atom stereocenters. The summed E-state index contributed by atoms with van der Waals surface area (Å²) in [5.74, 6) is 1.04. The summed E-state index contributed by atoms with van der Waals surface area (Å²) in [7, 11) is 0. The molecule has 0 amide bonds. The maximum atomic E-state index is 4.29. The molecule has 0 radical (unpaired) electrons. The van der Waals surface area contributed by atoms with Crippen LogP contribution in [0, 0.1) is 6.92 Å². The summed E-state index contributed by atoms with van der Waals surface area (Å²) in [6.07, 6.45) is 1.75. The van der Waals surface area contributed by atoms with E-state index in [1.165, 1.54) is 11.5 Å². The van der Waals surface area contributed by atoms with Gasteiger partial charge in [0.25, 0.3) is 0 Å². The van der Waals surface area contributed by atoms with E-state index in [0.717, 1.165) is 16.3 Å². The topological polar surface area (TPSA) is 63.6 Å². The lowest BCUT2D eigenvalue weighted by Gasteiger charge is -2.06. The van der Waals surface area contributed by atoms with E-state index >= 15 is 0 Å². The van der Waals surface area contributed by atoms with Crippen molar-refractivity contribution in [1.82, 2.24) is 19.6 Å². The van der Waals surface area contributed by atoms with Gasteiger partial charge in [-0.25, -0.2) is 9.97 Å². The fraction of sp³-hybridized carbons (Fsp3) is 0.455. The molecular formula is C11H15N5S. The monoisotopic (exact) mass is 249 g/mol. The van der Waals surface area contributed by atoms with E-state index < -0.39 is 0 Å². The van der Waals surface area contributed by atoms with E-state index in [2.05, 4.69) is 38.7 Å². The molecule has 0 saturated carbocycles. The molecule has 2 rings (SSSR count). The highest BCUT2D eigenvalue weighted by atomic mass is 32.1. The van der Waals surface area contributed by atoms with Gasteiger partial charge in [-0.15, -0.1) is 5.10 Å². The Kier molecular flexibility index (Phi) is 3.63. The van der Waals surface area contributed by atoms with Gasteiger partial charge in [-0.1, -0.05) is 18.3 Å². The third kappa shape index (κ3) is 2.97. The third-order valence-corrected chi connectivity index (χ3v) is 3.07. The molecule has 0 aromatic carbocycles. The minimum absolute atomic E-state index is 0.393. The number of anilines is 1. The van der Waals surface area contributed by atoms with Gasteiger partial charge < -0.3 is 5.32 Å². The first-order chi connectivity index (χ1) is 8.16. The van der Waals surface area contributed by atoms with Crippen LogP contribution in [0.5, 0.6) is 0 Å². The molecule has 5 nitrogen and oxygen atoms in total. The standard InChI is InChI=1S/C11H15N5S/c1-7(2)10-9(17-16-15-10)6-13-11-12-5-4-8(3)14-11/h4-5,7H,6H2,1-3H3,(H,12,13,14). The highest BCUT2D eigenvalue weighted by Gasteiger charge is 2.11. The summed E-state index contributed by atoms with van der Waals surface area (Å²) in [6.45, 7) is 6.85. The maximum Gasteiger partial charge on any atom is 0.223 e. The van der Waals surface area contributed by atoms with Crippen molar-refractivity contribution < 1.29 is 0 Å². The van der Waals surface area contributed by atoms with E-state index in [1.54, 1.807) is 6.20 Å². The molecule has 0 saturated heterocycles. The number of hydrogen-bond acceptors (Lipinski definition) is 6. The normalized spacial score (nSPS) is 10.8. The van der Waals surface area contributed by atoms with E-state index in [1.807, 2.05) is 13.0 Å². The first-order valence-corrected chi connectivity index (χ1v) is 6.29. The van der Waals surface area contributed by atoms with Crippen LogP contribution in [0.2, 0.25) is 0 Å². The quantitative estimate of drug-likeness (QED) is 0.901. The van der Waals surface area contributed by atoms with Gasteiger partial charge in [-0.2, -0.15) is 0 Å². The van der Waals surface area contributed by atoms with Gasteiger partial charge >= 0.3 is 0 Å². The Morgan fingerprint density at radius 2 is 2.24 bits per heavy atom. The van der Waals surface area contributed by atoms with Crippen molar-refractivity contribution in [3.8, 4) is 0 Å². The first kappa shape index (κ1) is 11.9. The van der Waals surface area contributed by atoms with Crippen LogP contribution in [0.3, 0.4) is 0 Å². The smallest absolute Gasteiger partial charge is 0.223 e.